The third-order valence-corrected chi connectivity index (χ3v) is 4.12. The second kappa shape index (κ2) is 5.96. The Bertz CT molecular complexity index is 557. The summed E-state index contributed by atoms with van der Waals surface area (Å²) in [6, 6.07) is 13.8. The number of rotatable bonds is 3. The quantitative estimate of drug-likeness (QED) is 0.727. The molecule has 2 aromatic rings. The van der Waals surface area contributed by atoms with E-state index in [9.17, 15) is 0 Å². The van der Waals surface area contributed by atoms with Crippen LogP contribution in [-0.4, -0.2) is 0 Å². The molecule has 0 saturated carbocycles. The topological polar surface area (TPSA) is 12.0 Å². The molecule has 0 radical (unpaired) electrons. The first-order valence-electron chi connectivity index (χ1n) is 5.54. The van der Waals surface area contributed by atoms with Crippen LogP contribution >= 0.6 is 39.1 Å². The summed E-state index contributed by atoms with van der Waals surface area (Å²) in [4.78, 5) is 0. The van der Waals surface area contributed by atoms with E-state index in [1.165, 1.54) is 0 Å². The zero-order valence-corrected chi connectivity index (χ0v) is 12.9. The molecule has 4 heteroatoms. The number of halogens is 3. The van der Waals surface area contributed by atoms with Crippen LogP contribution in [0.4, 0.5) is 5.69 Å². The van der Waals surface area contributed by atoms with E-state index >= 15 is 0 Å². The van der Waals surface area contributed by atoms with Crippen molar-refractivity contribution in [3.05, 3.63) is 62.5 Å². The van der Waals surface area contributed by atoms with E-state index in [2.05, 4.69) is 28.2 Å². The zero-order valence-electron chi connectivity index (χ0n) is 9.75. The van der Waals surface area contributed by atoms with Gasteiger partial charge in [-0.25, -0.2) is 0 Å². The van der Waals surface area contributed by atoms with Gasteiger partial charge in [-0.3, -0.25) is 0 Å². The number of hydrogen-bond donors (Lipinski definition) is 1. The van der Waals surface area contributed by atoms with E-state index in [0.717, 1.165) is 15.7 Å². The van der Waals surface area contributed by atoms with Gasteiger partial charge in [-0.05, 0) is 52.7 Å². The lowest BCUT2D eigenvalue weighted by Crippen LogP contribution is -2.06. The Morgan fingerprint density at radius 2 is 1.78 bits per heavy atom. The number of hydrogen-bond acceptors (Lipinski definition) is 1. The predicted molar refractivity (Wildman–Crippen MR) is 82.6 cm³/mol. The van der Waals surface area contributed by atoms with Gasteiger partial charge in [0.25, 0.3) is 0 Å². The summed E-state index contributed by atoms with van der Waals surface area (Å²) >= 11 is 15.4. The van der Waals surface area contributed by atoms with Crippen molar-refractivity contribution in [2.75, 3.05) is 5.32 Å². The Morgan fingerprint density at radius 3 is 2.44 bits per heavy atom. The van der Waals surface area contributed by atoms with Crippen LogP contribution < -0.4 is 5.32 Å². The molecule has 2 aromatic carbocycles. The maximum Gasteiger partial charge on any atom is 0.0595 e. The second-order valence-corrected chi connectivity index (χ2v) is 5.69. The standard InChI is InChI=1S/C14H12BrCl2N/c1-9(10-6-7-12(16)13(17)8-10)18-14-5-3-2-4-11(14)15/h2-9,18H,1H3. The SMILES string of the molecule is CC(Nc1ccccc1Br)c1ccc(Cl)c(Cl)c1. The summed E-state index contributed by atoms with van der Waals surface area (Å²) in [5.41, 5.74) is 2.15. The molecule has 18 heavy (non-hydrogen) atoms. The van der Waals surface area contributed by atoms with Gasteiger partial charge in [0.05, 0.1) is 10.0 Å². The van der Waals surface area contributed by atoms with Crippen molar-refractivity contribution >= 4 is 44.8 Å². The molecule has 0 aromatic heterocycles. The van der Waals surface area contributed by atoms with E-state index in [4.69, 9.17) is 23.2 Å². The molecule has 0 fully saturated rings. The summed E-state index contributed by atoms with van der Waals surface area (Å²) in [7, 11) is 0. The van der Waals surface area contributed by atoms with Gasteiger partial charge in [0.2, 0.25) is 0 Å². The normalized spacial score (nSPS) is 12.2. The monoisotopic (exact) mass is 343 g/mol. The summed E-state index contributed by atoms with van der Waals surface area (Å²) in [6.07, 6.45) is 0. The summed E-state index contributed by atoms with van der Waals surface area (Å²) in [5.74, 6) is 0. The summed E-state index contributed by atoms with van der Waals surface area (Å²) < 4.78 is 1.04. The van der Waals surface area contributed by atoms with Crippen LogP contribution in [0, 0.1) is 0 Å². The summed E-state index contributed by atoms with van der Waals surface area (Å²) in [5, 5.41) is 4.58. The second-order valence-electron chi connectivity index (χ2n) is 4.02. The fourth-order valence-electron chi connectivity index (χ4n) is 1.68. The van der Waals surface area contributed by atoms with Gasteiger partial charge in [0.1, 0.15) is 0 Å². The highest BCUT2D eigenvalue weighted by atomic mass is 79.9. The van der Waals surface area contributed by atoms with Crippen LogP contribution in [0.15, 0.2) is 46.9 Å². The van der Waals surface area contributed by atoms with Gasteiger partial charge >= 0.3 is 0 Å². The van der Waals surface area contributed by atoms with Crippen LogP contribution in [0.25, 0.3) is 0 Å². The minimum Gasteiger partial charge on any atom is -0.378 e. The first-order valence-corrected chi connectivity index (χ1v) is 7.09. The van der Waals surface area contributed by atoms with Gasteiger partial charge in [0, 0.05) is 16.2 Å². The molecule has 0 saturated heterocycles. The third kappa shape index (κ3) is 3.19. The predicted octanol–water partition coefficient (Wildman–Crippen LogP) is 5.93. The Labute approximate surface area is 125 Å². The average molecular weight is 345 g/mol. The maximum atomic E-state index is 6.02. The van der Waals surface area contributed by atoms with E-state index in [-0.39, 0.29) is 6.04 Å². The van der Waals surface area contributed by atoms with Crippen molar-refractivity contribution < 1.29 is 0 Å². The molecule has 94 valence electrons. The molecule has 1 unspecified atom stereocenters. The molecule has 0 amide bonds. The molecule has 0 aliphatic rings. The third-order valence-electron chi connectivity index (χ3n) is 2.69. The first kappa shape index (κ1) is 13.7. The Morgan fingerprint density at radius 1 is 1.06 bits per heavy atom. The molecule has 2 rings (SSSR count). The molecule has 0 bridgehead atoms. The van der Waals surface area contributed by atoms with Crippen LogP contribution in [0.3, 0.4) is 0 Å². The van der Waals surface area contributed by atoms with E-state index in [0.29, 0.717) is 10.0 Å². The molecule has 1 atom stereocenters. The molecule has 1 nitrogen and oxygen atoms in total. The number of para-hydroxylation sites is 1. The molecule has 0 heterocycles. The molecule has 0 aliphatic carbocycles. The average Bonchev–Trinajstić information content (AvgIpc) is 2.35. The largest absolute Gasteiger partial charge is 0.378 e. The number of benzene rings is 2. The maximum absolute atomic E-state index is 6.02. The van der Waals surface area contributed by atoms with E-state index < -0.39 is 0 Å². The fraction of sp³-hybridized carbons (Fsp3) is 0.143. The van der Waals surface area contributed by atoms with Crippen molar-refractivity contribution in [2.24, 2.45) is 0 Å². The van der Waals surface area contributed by atoms with E-state index in [1.54, 1.807) is 0 Å². The fourth-order valence-corrected chi connectivity index (χ4v) is 2.38. The first-order chi connectivity index (χ1) is 8.58. The van der Waals surface area contributed by atoms with Gasteiger partial charge in [0.15, 0.2) is 0 Å². The van der Waals surface area contributed by atoms with Crippen molar-refractivity contribution in [2.45, 2.75) is 13.0 Å². The highest BCUT2D eigenvalue weighted by Gasteiger charge is 2.08. The van der Waals surface area contributed by atoms with Crippen LogP contribution in [0.2, 0.25) is 10.0 Å². The minimum atomic E-state index is 0.151. The molecule has 1 N–H and O–H groups in total. The smallest absolute Gasteiger partial charge is 0.0595 e. The summed E-state index contributed by atoms with van der Waals surface area (Å²) in [6.45, 7) is 2.08. The number of nitrogens with one attached hydrogen (secondary N) is 1. The molecular weight excluding hydrogens is 333 g/mol. The van der Waals surface area contributed by atoms with Gasteiger partial charge in [-0.2, -0.15) is 0 Å². The lowest BCUT2D eigenvalue weighted by molar-refractivity contribution is 0.884. The lowest BCUT2D eigenvalue weighted by Gasteiger charge is -2.17. The Kier molecular flexibility index (Phi) is 4.55. The van der Waals surface area contributed by atoms with Crippen molar-refractivity contribution in [3.8, 4) is 0 Å². The molecular formula is C14H12BrCl2N. The van der Waals surface area contributed by atoms with Gasteiger partial charge in [-0.1, -0.05) is 41.4 Å². The number of anilines is 1. The highest BCUT2D eigenvalue weighted by molar-refractivity contribution is 9.10. The lowest BCUT2D eigenvalue weighted by atomic mass is 10.1. The van der Waals surface area contributed by atoms with Crippen LogP contribution in [-0.2, 0) is 0 Å². The van der Waals surface area contributed by atoms with Gasteiger partial charge < -0.3 is 5.32 Å². The van der Waals surface area contributed by atoms with Crippen molar-refractivity contribution in [1.82, 2.24) is 0 Å². The Hall–Kier alpha value is -0.700. The minimum absolute atomic E-state index is 0.151. The van der Waals surface area contributed by atoms with Crippen LogP contribution in [0.1, 0.15) is 18.5 Å². The van der Waals surface area contributed by atoms with Crippen LogP contribution in [0.5, 0.6) is 0 Å². The zero-order chi connectivity index (χ0) is 13.1. The van der Waals surface area contributed by atoms with Crippen molar-refractivity contribution in [3.63, 3.8) is 0 Å². The molecule has 0 spiro atoms. The highest BCUT2D eigenvalue weighted by Crippen LogP contribution is 2.29. The van der Waals surface area contributed by atoms with Crippen molar-refractivity contribution in [1.29, 1.82) is 0 Å². The van der Waals surface area contributed by atoms with Gasteiger partial charge in [-0.15, -0.1) is 0 Å². The van der Waals surface area contributed by atoms with E-state index in [1.807, 2.05) is 42.5 Å². The Balaban J connectivity index is 2.19. The molecule has 0 aliphatic heterocycles.